The average Bonchev–Trinajstić information content (AvgIpc) is 2.20. The Balaban J connectivity index is 2.23. The third kappa shape index (κ3) is 1.76. The van der Waals surface area contributed by atoms with E-state index < -0.39 is 0 Å². The highest BCUT2D eigenvalue weighted by Crippen LogP contribution is 2.28. The zero-order chi connectivity index (χ0) is 9.15. The summed E-state index contributed by atoms with van der Waals surface area (Å²) in [5, 5.41) is -0.152. The summed E-state index contributed by atoms with van der Waals surface area (Å²) in [6, 6.07) is 0. The van der Waals surface area contributed by atoms with E-state index in [1.807, 2.05) is 0 Å². The minimum atomic E-state index is -0.152. The van der Waals surface area contributed by atoms with Gasteiger partial charge in [0, 0.05) is 6.61 Å². The maximum atomic E-state index is 5.76. The molecular weight excluding hydrogens is 182 g/mol. The topological polar surface area (TPSA) is 47.9 Å². The second-order valence-electron chi connectivity index (χ2n) is 3.50. The number of nitrogens with zero attached hydrogens (tertiary/aromatic N) is 3. The number of aromatic nitrogens is 3. The monoisotopic (exact) mass is 195 g/mol. The van der Waals surface area contributed by atoms with E-state index in [1.54, 1.807) is 12.7 Å². The fourth-order valence-electron chi connectivity index (χ4n) is 1.62. The van der Waals surface area contributed by atoms with Gasteiger partial charge in [0.25, 0.3) is 0 Å². The average molecular weight is 195 g/mol. The van der Waals surface area contributed by atoms with Crippen molar-refractivity contribution in [3.8, 4) is 0 Å². The molecule has 0 bridgehead atoms. The molecule has 2 heterocycles. The lowest BCUT2D eigenvalue weighted by Crippen LogP contribution is -2.35. The molecule has 13 heavy (non-hydrogen) atoms. The van der Waals surface area contributed by atoms with E-state index in [0.29, 0.717) is 0 Å². The molecule has 0 aliphatic carbocycles. The van der Waals surface area contributed by atoms with Crippen LogP contribution in [0.3, 0.4) is 0 Å². The van der Waals surface area contributed by atoms with E-state index in [-0.39, 0.29) is 5.22 Å². The molecule has 0 radical (unpaired) electrons. The summed E-state index contributed by atoms with van der Waals surface area (Å²) in [7, 11) is 0.943. The van der Waals surface area contributed by atoms with Gasteiger partial charge >= 0.3 is 0 Å². The first kappa shape index (κ1) is 8.77. The fraction of sp³-hybridized carbons (Fsp3) is 0.625. The number of hydrogen-bond acceptors (Lipinski definition) is 4. The number of rotatable bonds is 1. The Bertz CT molecular complexity index is 274. The number of hydrogen-bond donors (Lipinski definition) is 0. The lowest BCUT2D eigenvalue weighted by Gasteiger charge is -2.32. The molecule has 1 aliphatic heterocycles. The molecule has 1 aliphatic rings. The highest BCUT2D eigenvalue weighted by molar-refractivity contribution is 6.14. The summed E-state index contributed by atoms with van der Waals surface area (Å²) < 4.78 is 5.76. The van der Waals surface area contributed by atoms with E-state index in [9.17, 15) is 0 Å². The quantitative estimate of drug-likeness (QED) is 0.572. The Labute approximate surface area is 80.2 Å². The van der Waals surface area contributed by atoms with Gasteiger partial charge in [0.15, 0.2) is 5.82 Å². The lowest BCUT2D eigenvalue weighted by atomic mass is 10.1. The summed E-state index contributed by atoms with van der Waals surface area (Å²) >= 11 is 0. The standard InChI is InChI=1S/C8H13N3OSi/c13-8(3-1-2-4-12-8)7-10-5-9-6-11-7/h5-6H,1-4H2,13H3. The molecule has 5 heteroatoms. The van der Waals surface area contributed by atoms with Crippen molar-refractivity contribution in [1.29, 1.82) is 0 Å². The van der Waals surface area contributed by atoms with Crippen LogP contribution in [-0.2, 0) is 9.96 Å². The van der Waals surface area contributed by atoms with Gasteiger partial charge in [0.05, 0.1) is 10.2 Å². The zero-order valence-electron chi connectivity index (χ0n) is 7.73. The minimum Gasteiger partial charge on any atom is -0.372 e. The van der Waals surface area contributed by atoms with Crippen molar-refractivity contribution < 1.29 is 4.74 Å². The molecule has 0 saturated carbocycles. The lowest BCUT2D eigenvalue weighted by molar-refractivity contribution is -0.0269. The summed E-state index contributed by atoms with van der Waals surface area (Å²) in [4.78, 5) is 12.1. The molecule has 0 N–H and O–H groups in total. The summed E-state index contributed by atoms with van der Waals surface area (Å²) in [6.45, 7) is 0.842. The van der Waals surface area contributed by atoms with Crippen molar-refractivity contribution in [2.45, 2.75) is 24.5 Å². The molecule has 0 spiro atoms. The van der Waals surface area contributed by atoms with Crippen LogP contribution < -0.4 is 0 Å². The van der Waals surface area contributed by atoms with Crippen LogP contribution in [0.2, 0.25) is 0 Å². The first-order valence-electron chi connectivity index (χ1n) is 4.58. The van der Waals surface area contributed by atoms with Crippen LogP contribution in [0.5, 0.6) is 0 Å². The SMILES string of the molecule is [SiH3]C1(c2ncncn2)CCCCO1. The molecule has 1 atom stereocenters. The van der Waals surface area contributed by atoms with Crippen LogP contribution in [0, 0.1) is 0 Å². The van der Waals surface area contributed by atoms with Gasteiger partial charge in [-0.25, -0.2) is 15.0 Å². The Morgan fingerprint density at radius 3 is 2.69 bits per heavy atom. The molecule has 70 valence electrons. The maximum absolute atomic E-state index is 5.76. The van der Waals surface area contributed by atoms with Crippen molar-refractivity contribution in [3.63, 3.8) is 0 Å². The Morgan fingerprint density at radius 1 is 1.31 bits per heavy atom. The van der Waals surface area contributed by atoms with E-state index in [1.165, 1.54) is 6.42 Å². The second kappa shape index (κ2) is 3.51. The van der Waals surface area contributed by atoms with Crippen LogP contribution in [0.15, 0.2) is 12.7 Å². The third-order valence-corrected chi connectivity index (χ3v) is 3.67. The summed E-state index contributed by atoms with van der Waals surface area (Å²) in [6.07, 6.45) is 6.52. The van der Waals surface area contributed by atoms with Crippen LogP contribution in [-0.4, -0.2) is 31.8 Å². The van der Waals surface area contributed by atoms with Crippen LogP contribution >= 0.6 is 0 Å². The highest BCUT2D eigenvalue weighted by atomic mass is 28.1. The normalized spacial score (nSPS) is 28.9. The van der Waals surface area contributed by atoms with Gasteiger partial charge in [0.1, 0.15) is 17.9 Å². The van der Waals surface area contributed by atoms with Gasteiger partial charge in [-0.15, -0.1) is 0 Å². The highest BCUT2D eigenvalue weighted by Gasteiger charge is 2.32. The summed E-state index contributed by atoms with van der Waals surface area (Å²) in [5.41, 5.74) is 0. The first-order chi connectivity index (χ1) is 6.31. The van der Waals surface area contributed by atoms with Gasteiger partial charge < -0.3 is 4.74 Å². The van der Waals surface area contributed by atoms with Gasteiger partial charge in [-0.2, -0.15) is 0 Å². The molecule has 1 saturated heterocycles. The van der Waals surface area contributed by atoms with Crippen molar-refractivity contribution in [2.75, 3.05) is 6.61 Å². The third-order valence-electron chi connectivity index (χ3n) is 2.44. The van der Waals surface area contributed by atoms with Crippen LogP contribution in [0.1, 0.15) is 25.1 Å². The van der Waals surface area contributed by atoms with Crippen molar-refractivity contribution >= 4 is 10.2 Å². The van der Waals surface area contributed by atoms with Crippen LogP contribution in [0.4, 0.5) is 0 Å². The predicted octanol–water partition coefficient (Wildman–Crippen LogP) is -0.410. The van der Waals surface area contributed by atoms with Crippen LogP contribution in [0.25, 0.3) is 0 Å². The fourth-order valence-corrected chi connectivity index (χ4v) is 2.44. The van der Waals surface area contributed by atoms with Gasteiger partial charge in [-0.05, 0) is 19.3 Å². The second-order valence-corrected chi connectivity index (χ2v) is 5.11. The van der Waals surface area contributed by atoms with Gasteiger partial charge in [-0.3, -0.25) is 0 Å². The minimum absolute atomic E-state index is 0.152. The molecular formula is C8H13N3OSi. The molecule has 1 fully saturated rings. The molecule has 1 aromatic rings. The Kier molecular flexibility index (Phi) is 2.37. The van der Waals surface area contributed by atoms with E-state index >= 15 is 0 Å². The molecule has 1 aromatic heterocycles. The molecule has 0 amide bonds. The Morgan fingerprint density at radius 2 is 2.08 bits per heavy atom. The molecule has 2 rings (SSSR count). The predicted molar refractivity (Wildman–Crippen MR) is 51.2 cm³/mol. The first-order valence-corrected chi connectivity index (χ1v) is 5.58. The maximum Gasteiger partial charge on any atom is 0.159 e. The van der Waals surface area contributed by atoms with Crippen molar-refractivity contribution in [3.05, 3.63) is 18.5 Å². The molecule has 1 unspecified atom stereocenters. The largest absolute Gasteiger partial charge is 0.372 e. The van der Waals surface area contributed by atoms with E-state index in [0.717, 1.165) is 35.5 Å². The summed E-state index contributed by atoms with van der Waals surface area (Å²) in [5.74, 6) is 0.814. The van der Waals surface area contributed by atoms with Crippen molar-refractivity contribution in [2.24, 2.45) is 0 Å². The van der Waals surface area contributed by atoms with E-state index in [4.69, 9.17) is 4.74 Å². The smallest absolute Gasteiger partial charge is 0.159 e. The molecule has 0 aromatic carbocycles. The van der Waals surface area contributed by atoms with Gasteiger partial charge in [-0.1, -0.05) is 0 Å². The zero-order valence-corrected chi connectivity index (χ0v) is 9.73. The van der Waals surface area contributed by atoms with Crippen molar-refractivity contribution in [1.82, 2.24) is 15.0 Å². The molecule has 4 nitrogen and oxygen atoms in total. The Hall–Kier alpha value is -0.813. The number of ether oxygens (including phenoxy) is 1. The van der Waals surface area contributed by atoms with Gasteiger partial charge in [0.2, 0.25) is 0 Å². The van der Waals surface area contributed by atoms with E-state index in [2.05, 4.69) is 15.0 Å².